The third-order valence-corrected chi connectivity index (χ3v) is 3.30. The number of allylic oxidation sites excluding steroid dienone is 5. The van der Waals surface area contributed by atoms with E-state index in [-0.39, 0.29) is 17.8 Å². The summed E-state index contributed by atoms with van der Waals surface area (Å²) in [6.45, 7) is 0. The van der Waals surface area contributed by atoms with Gasteiger partial charge in [0.1, 0.15) is 11.1 Å². The first-order valence-corrected chi connectivity index (χ1v) is 7.10. The summed E-state index contributed by atoms with van der Waals surface area (Å²) in [5, 5.41) is 6.65. The molecule has 0 saturated heterocycles. The highest BCUT2D eigenvalue weighted by molar-refractivity contribution is 6.12. The molecule has 1 aliphatic carbocycles. The second kappa shape index (κ2) is 7.24. The van der Waals surface area contributed by atoms with E-state index in [0.29, 0.717) is 18.3 Å². The van der Waals surface area contributed by atoms with Crippen molar-refractivity contribution in [3.8, 4) is 0 Å². The molecular formula is C16H7F9N2O. The number of rotatable bonds is 2. The van der Waals surface area contributed by atoms with Gasteiger partial charge in [-0.15, -0.1) is 0 Å². The number of halogens is 9. The monoisotopic (exact) mass is 414 g/mol. The number of azo groups is 1. The second-order valence-corrected chi connectivity index (χ2v) is 5.33. The van der Waals surface area contributed by atoms with E-state index >= 15 is 0 Å². The summed E-state index contributed by atoms with van der Waals surface area (Å²) in [5.74, 6) is -2.23. The lowest BCUT2D eigenvalue weighted by molar-refractivity contribution is -0.138. The largest absolute Gasteiger partial charge is 0.420 e. The fourth-order valence-electron chi connectivity index (χ4n) is 2.03. The molecule has 0 heterocycles. The third kappa shape index (κ3) is 5.08. The maximum absolute atomic E-state index is 12.8. The van der Waals surface area contributed by atoms with Gasteiger partial charge in [0, 0.05) is 0 Å². The van der Waals surface area contributed by atoms with E-state index in [4.69, 9.17) is 0 Å². The van der Waals surface area contributed by atoms with Crippen LogP contribution >= 0.6 is 0 Å². The third-order valence-electron chi connectivity index (χ3n) is 3.30. The van der Waals surface area contributed by atoms with Gasteiger partial charge in [0.25, 0.3) is 0 Å². The molecule has 0 atom stereocenters. The van der Waals surface area contributed by atoms with E-state index in [9.17, 15) is 44.3 Å². The minimum atomic E-state index is -5.33. The highest BCUT2D eigenvalue weighted by Gasteiger charge is 2.48. The Balaban J connectivity index is 2.34. The van der Waals surface area contributed by atoms with Gasteiger partial charge in [0.15, 0.2) is 0 Å². The van der Waals surface area contributed by atoms with Crippen LogP contribution in [0.4, 0.5) is 45.2 Å². The van der Waals surface area contributed by atoms with E-state index in [0.717, 1.165) is 12.1 Å². The Bertz CT molecular complexity index is 847. The van der Waals surface area contributed by atoms with E-state index in [1.54, 1.807) is 0 Å². The Kier molecular flexibility index (Phi) is 5.53. The van der Waals surface area contributed by atoms with Crippen molar-refractivity contribution >= 4 is 11.5 Å². The zero-order valence-electron chi connectivity index (χ0n) is 13.2. The zero-order valence-corrected chi connectivity index (χ0v) is 13.2. The van der Waals surface area contributed by atoms with Crippen molar-refractivity contribution in [3.05, 3.63) is 64.9 Å². The molecule has 28 heavy (non-hydrogen) atoms. The van der Waals surface area contributed by atoms with Crippen molar-refractivity contribution in [1.82, 2.24) is 0 Å². The maximum atomic E-state index is 12.8. The normalized spacial score (nSPS) is 16.3. The average Bonchev–Trinajstić information content (AvgIpc) is 2.53. The Morgan fingerprint density at radius 1 is 0.714 bits per heavy atom. The van der Waals surface area contributed by atoms with Crippen LogP contribution in [0.1, 0.15) is 5.56 Å². The summed E-state index contributed by atoms with van der Waals surface area (Å²) in [5.41, 5.74) is -5.88. The molecule has 1 aliphatic rings. The lowest BCUT2D eigenvalue weighted by Gasteiger charge is -2.19. The van der Waals surface area contributed by atoms with Gasteiger partial charge in [0.05, 0.1) is 17.5 Å². The molecule has 0 unspecified atom stereocenters. The SMILES string of the molecule is O=C1C(C(F)(F)F)=CC(=CN=Nc2ccc(C(F)(F)F)cc2)C=C1C(F)(F)F. The van der Waals surface area contributed by atoms with Crippen LogP contribution in [0.25, 0.3) is 0 Å². The fraction of sp³-hybridized carbons (Fsp3) is 0.188. The van der Waals surface area contributed by atoms with Crippen LogP contribution in [0, 0.1) is 0 Å². The summed E-state index contributed by atoms with van der Waals surface area (Å²) in [6.07, 6.45) is -14.4. The first-order chi connectivity index (χ1) is 12.7. The van der Waals surface area contributed by atoms with Crippen molar-refractivity contribution in [1.29, 1.82) is 0 Å². The minimum Gasteiger partial charge on any atom is -0.289 e. The quantitative estimate of drug-likeness (QED) is 0.418. The molecule has 0 radical (unpaired) electrons. The van der Waals surface area contributed by atoms with E-state index < -0.39 is 46.6 Å². The molecule has 0 spiro atoms. The van der Waals surface area contributed by atoms with E-state index in [1.165, 1.54) is 0 Å². The summed E-state index contributed by atoms with van der Waals surface area (Å²) in [4.78, 5) is 11.4. The Morgan fingerprint density at radius 2 is 1.18 bits per heavy atom. The number of hydrogen-bond acceptors (Lipinski definition) is 3. The van der Waals surface area contributed by atoms with Crippen molar-refractivity contribution < 1.29 is 44.3 Å². The van der Waals surface area contributed by atoms with Crippen LogP contribution in [0.15, 0.2) is 69.6 Å². The van der Waals surface area contributed by atoms with Crippen LogP contribution in [0.3, 0.4) is 0 Å². The number of carbonyl (C=O) groups is 1. The van der Waals surface area contributed by atoms with Gasteiger partial charge >= 0.3 is 18.5 Å². The average molecular weight is 414 g/mol. The zero-order chi connectivity index (χ0) is 21.3. The summed E-state index contributed by atoms with van der Waals surface area (Å²) < 4.78 is 114. The van der Waals surface area contributed by atoms with Crippen molar-refractivity contribution in [3.63, 3.8) is 0 Å². The predicted molar refractivity (Wildman–Crippen MR) is 77.3 cm³/mol. The van der Waals surface area contributed by atoms with Crippen LogP contribution in [-0.2, 0) is 11.0 Å². The van der Waals surface area contributed by atoms with Crippen LogP contribution < -0.4 is 0 Å². The first-order valence-electron chi connectivity index (χ1n) is 7.10. The highest BCUT2D eigenvalue weighted by atomic mass is 19.4. The van der Waals surface area contributed by atoms with Gasteiger partial charge in [-0.3, -0.25) is 4.79 Å². The van der Waals surface area contributed by atoms with E-state index in [2.05, 4.69) is 10.2 Å². The molecule has 0 fully saturated rings. The minimum absolute atomic E-state index is 0.128. The molecule has 0 bridgehead atoms. The molecule has 150 valence electrons. The van der Waals surface area contributed by atoms with Crippen LogP contribution in [0.5, 0.6) is 0 Å². The highest BCUT2D eigenvalue weighted by Crippen LogP contribution is 2.38. The molecule has 1 aromatic carbocycles. The Hall–Kier alpha value is -2.92. The molecule has 0 N–H and O–H groups in total. The fourth-order valence-corrected chi connectivity index (χ4v) is 2.03. The number of ketones is 1. The van der Waals surface area contributed by atoms with E-state index in [1.807, 2.05) is 0 Å². The van der Waals surface area contributed by atoms with Gasteiger partial charge in [-0.1, -0.05) is 0 Å². The molecule has 2 rings (SSSR count). The second-order valence-electron chi connectivity index (χ2n) is 5.33. The van der Waals surface area contributed by atoms with Crippen molar-refractivity contribution in [2.45, 2.75) is 18.5 Å². The molecule has 0 aliphatic heterocycles. The molecular weight excluding hydrogens is 407 g/mol. The lowest BCUT2D eigenvalue weighted by Crippen LogP contribution is -2.30. The van der Waals surface area contributed by atoms with Gasteiger partial charge in [-0.2, -0.15) is 49.7 Å². The summed E-state index contributed by atoms with van der Waals surface area (Å²) in [7, 11) is 0. The van der Waals surface area contributed by atoms with Gasteiger partial charge in [-0.05, 0) is 42.0 Å². The van der Waals surface area contributed by atoms with Crippen LogP contribution in [0.2, 0.25) is 0 Å². The lowest BCUT2D eigenvalue weighted by atomic mass is 9.93. The molecule has 1 aromatic rings. The standard InChI is InChI=1S/C16H7F9N2O/c17-14(18,19)9-1-3-10(4-2-9)27-26-7-8-5-11(15(20,21)22)13(28)12(6-8)16(23,24)25/h1-7H. The van der Waals surface area contributed by atoms with Crippen molar-refractivity contribution in [2.24, 2.45) is 10.2 Å². The molecule has 0 amide bonds. The van der Waals surface area contributed by atoms with Gasteiger partial charge in [-0.25, -0.2) is 0 Å². The molecule has 12 heteroatoms. The number of hydrogen-bond donors (Lipinski definition) is 0. The molecule has 3 nitrogen and oxygen atoms in total. The van der Waals surface area contributed by atoms with Crippen molar-refractivity contribution in [2.75, 3.05) is 0 Å². The number of nitrogens with zero attached hydrogens (tertiary/aromatic N) is 2. The topological polar surface area (TPSA) is 41.8 Å². The predicted octanol–water partition coefficient (Wildman–Crippen LogP) is 6.23. The number of Topliss-reactive ketones (excluding diaryl/α,β-unsaturated/α-hetero) is 1. The Labute approximate surface area is 150 Å². The Morgan fingerprint density at radius 3 is 1.57 bits per heavy atom. The summed E-state index contributed by atoms with van der Waals surface area (Å²) >= 11 is 0. The molecule has 0 aromatic heterocycles. The van der Waals surface area contributed by atoms with Crippen LogP contribution in [-0.4, -0.2) is 18.1 Å². The molecule has 0 saturated carbocycles. The van der Waals surface area contributed by atoms with Gasteiger partial charge in [0.2, 0.25) is 5.78 Å². The number of benzene rings is 1. The number of carbonyl (C=O) groups excluding carboxylic acids is 1. The smallest absolute Gasteiger partial charge is 0.289 e. The van der Waals surface area contributed by atoms with Gasteiger partial charge < -0.3 is 0 Å². The summed E-state index contributed by atoms with van der Waals surface area (Å²) in [6, 6.07) is 3.15. The number of alkyl halides is 9. The first kappa shape index (κ1) is 21.4. The maximum Gasteiger partial charge on any atom is 0.420 e.